The van der Waals surface area contributed by atoms with Gasteiger partial charge in [-0.25, -0.2) is 0 Å². The summed E-state index contributed by atoms with van der Waals surface area (Å²) < 4.78 is 3.98. The number of nitrogens with zero attached hydrogens (tertiary/aromatic N) is 3. The third kappa shape index (κ3) is 2.84. The predicted molar refractivity (Wildman–Crippen MR) is 72.3 cm³/mol. The van der Waals surface area contributed by atoms with E-state index in [2.05, 4.69) is 20.0 Å². The Morgan fingerprint density at radius 1 is 1.56 bits per heavy atom. The second-order valence-electron chi connectivity index (χ2n) is 3.83. The second-order valence-corrected chi connectivity index (χ2v) is 5.02. The van der Waals surface area contributed by atoms with E-state index in [0.29, 0.717) is 11.4 Å². The van der Waals surface area contributed by atoms with Gasteiger partial charge in [0.25, 0.3) is 0 Å². The lowest BCUT2D eigenvalue weighted by atomic mass is 10.0. The number of hydrazine groups is 1. The Kier molecular flexibility index (Phi) is 4.60. The zero-order chi connectivity index (χ0) is 13.0. The Hall–Kier alpha value is -1.08. The van der Waals surface area contributed by atoms with E-state index in [4.69, 9.17) is 17.4 Å². The average Bonchev–Trinajstić information content (AvgIpc) is 2.86. The predicted octanol–water partition coefficient (Wildman–Crippen LogP) is 1.90. The van der Waals surface area contributed by atoms with Crippen LogP contribution >= 0.6 is 23.1 Å². The summed E-state index contributed by atoms with van der Waals surface area (Å²) in [6, 6.07) is 1.87. The molecule has 0 aliphatic heterocycles. The zero-order valence-corrected chi connectivity index (χ0v) is 11.5. The Labute approximate surface area is 115 Å². The van der Waals surface area contributed by atoms with E-state index in [-0.39, 0.29) is 6.04 Å². The van der Waals surface area contributed by atoms with Crippen LogP contribution in [0.4, 0.5) is 0 Å². The first-order valence-electron chi connectivity index (χ1n) is 5.61. The fraction of sp³-hybridized carbons (Fsp3) is 0.364. The fourth-order valence-corrected chi connectivity index (χ4v) is 2.74. The van der Waals surface area contributed by atoms with Crippen LogP contribution in [-0.4, -0.2) is 14.6 Å². The molecule has 2 aromatic heterocycles. The summed E-state index contributed by atoms with van der Waals surface area (Å²) >= 11 is 7.47. The lowest BCUT2D eigenvalue weighted by Crippen LogP contribution is -2.29. The highest BCUT2D eigenvalue weighted by atomic mass is 35.5. The fourth-order valence-electron chi connectivity index (χ4n) is 1.74. The minimum atomic E-state index is -0.0279. The maximum atomic E-state index is 6.10. The van der Waals surface area contributed by atoms with Crippen LogP contribution in [0, 0.1) is 0 Å². The molecule has 2 heterocycles. The van der Waals surface area contributed by atoms with Crippen molar-refractivity contribution in [3.63, 3.8) is 0 Å². The molecule has 1 atom stereocenters. The Morgan fingerprint density at radius 3 is 3.06 bits per heavy atom. The van der Waals surface area contributed by atoms with E-state index in [0.717, 1.165) is 22.6 Å². The summed E-state index contributed by atoms with van der Waals surface area (Å²) in [4.78, 5) is 5.03. The Balaban J connectivity index is 2.23. The van der Waals surface area contributed by atoms with Gasteiger partial charge in [-0.05, 0) is 36.0 Å². The molecule has 0 spiro atoms. The quantitative estimate of drug-likeness (QED) is 0.647. The van der Waals surface area contributed by atoms with E-state index < -0.39 is 0 Å². The van der Waals surface area contributed by atoms with Gasteiger partial charge in [-0.15, -0.1) is 5.10 Å². The molecule has 0 amide bonds. The number of hydrogen-bond donors (Lipinski definition) is 2. The highest BCUT2D eigenvalue weighted by Crippen LogP contribution is 2.26. The monoisotopic (exact) mass is 283 g/mol. The normalized spacial score (nSPS) is 12.6. The molecule has 0 saturated carbocycles. The number of nitrogens with one attached hydrogen (secondary N) is 1. The number of pyridine rings is 1. The molecule has 0 radical (unpaired) electrons. The summed E-state index contributed by atoms with van der Waals surface area (Å²) in [5, 5.41) is 4.74. The summed E-state index contributed by atoms with van der Waals surface area (Å²) in [6.07, 6.45) is 4.89. The lowest BCUT2D eigenvalue weighted by molar-refractivity contribution is 0.555. The van der Waals surface area contributed by atoms with Crippen LogP contribution in [-0.2, 0) is 12.8 Å². The van der Waals surface area contributed by atoms with Gasteiger partial charge in [0.1, 0.15) is 0 Å². The molecular weight excluding hydrogens is 270 g/mol. The van der Waals surface area contributed by atoms with Crippen LogP contribution in [0.15, 0.2) is 18.5 Å². The molecule has 5 nitrogen and oxygen atoms in total. The van der Waals surface area contributed by atoms with Crippen LogP contribution in [0.3, 0.4) is 0 Å². The van der Waals surface area contributed by atoms with E-state index in [1.165, 1.54) is 11.5 Å². The van der Waals surface area contributed by atoms with Gasteiger partial charge < -0.3 is 0 Å². The van der Waals surface area contributed by atoms with E-state index in [9.17, 15) is 0 Å². The van der Waals surface area contributed by atoms with Crippen molar-refractivity contribution in [3.8, 4) is 0 Å². The largest absolute Gasteiger partial charge is 0.271 e. The third-order valence-corrected chi connectivity index (χ3v) is 3.94. The highest BCUT2D eigenvalue weighted by molar-refractivity contribution is 7.05. The molecular formula is C11H14ClN5S. The number of rotatable bonds is 5. The smallest absolute Gasteiger partial charge is 0.0801 e. The van der Waals surface area contributed by atoms with E-state index >= 15 is 0 Å². The molecule has 96 valence electrons. The highest BCUT2D eigenvalue weighted by Gasteiger charge is 2.18. The van der Waals surface area contributed by atoms with Gasteiger partial charge in [0.15, 0.2) is 0 Å². The van der Waals surface area contributed by atoms with E-state index in [1.807, 2.05) is 13.0 Å². The van der Waals surface area contributed by atoms with Gasteiger partial charge in [0.05, 0.1) is 21.6 Å². The lowest BCUT2D eigenvalue weighted by Gasteiger charge is -2.15. The van der Waals surface area contributed by atoms with Gasteiger partial charge in [-0.3, -0.25) is 16.3 Å². The average molecular weight is 284 g/mol. The van der Waals surface area contributed by atoms with Crippen LogP contribution < -0.4 is 11.3 Å². The molecule has 0 aliphatic carbocycles. The summed E-state index contributed by atoms with van der Waals surface area (Å²) in [5.74, 6) is 5.63. The third-order valence-electron chi connectivity index (χ3n) is 2.72. The minimum Gasteiger partial charge on any atom is -0.271 e. The number of halogens is 1. The Bertz CT molecular complexity index is 516. The summed E-state index contributed by atoms with van der Waals surface area (Å²) in [6.45, 7) is 2.05. The topological polar surface area (TPSA) is 76.7 Å². The van der Waals surface area contributed by atoms with Crippen LogP contribution in [0.25, 0.3) is 0 Å². The van der Waals surface area contributed by atoms with E-state index in [1.54, 1.807) is 12.4 Å². The standard InChI is InChI=1S/C11H14ClN5S/c1-2-9-11(18-17-16-9)10(15-13)5-7-3-4-14-6-8(7)12/h3-4,6,10,15H,2,5,13H2,1H3. The zero-order valence-electron chi connectivity index (χ0n) is 9.93. The molecule has 3 N–H and O–H groups in total. The van der Waals surface area contributed by atoms with Crippen molar-refractivity contribution in [1.29, 1.82) is 0 Å². The SMILES string of the molecule is CCc1nnsc1C(Cc1ccncc1Cl)NN. The van der Waals surface area contributed by atoms with Crippen LogP contribution in [0.1, 0.15) is 29.1 Å². The molecule has 0 aliphatic rings. The van der Waals surface area contributed by atoms with Crippen molar-refractivity contribution < 1.29 is 0 Å². The summed E-state index contributed by atoms with van der Waals surface area (Å²) in [7, 11) is 0. The molecule has 0 fully saturated rings. The van der Waals surface area contributed by atoms with Crippen molar-refractivity contribution >= 4 is 23.1 Å². The van der Waals surface area contributed by atoms with Crippen molar-refractivity contribution in [2.24, 2.45) is 5.84 Å². The molecule has 7 heteroatoms. The Morgan fingerprint density at radius 2 is 2.39 bits per heavy atom. The maximum absolute atomic E-state index is 6.10. The molecule has 1 unspecified atom stereocenters. The molecule has 0 aromatic carbocycles. The number of nitrogens with two attached hydrogens (primary N) is 1. The molecule has 2 rings (SSSR count). The van der Waals surface area contributed by atoms with Crippen molar-refractivity contribution in [2.75, 3.05) is 0 Å². The number of aromatic nitrogens is 3. The number of hydrogen-bond acceptors (Lipinski definition) is 6. The van der Waals surface area contributed by atoms with Gasteiger partial charge >= 0.3 is 0 Å². The maximum Gasteiger partial charge on any atom is 0.0801 e. The second kappa shape index (κ2) is 6.19. The molecule has 18 heavy (non-hydrogen) atoms. The van der Waals surface area contributed by atoms with Gasteiger partial charge in [-0.1, -0.05) is 23.0 Å². The molecule has 0 bridgehead atoms. The van der Waals surface area contributed by atoms with Crippen LogP contribution in [0.5, 0.6) is 0 Å². The first-order valence-corrected chi connectivity index (χ1v) is 6.77. The van der Waals surface area contributed by atoms with Crippen molar-refractivity contribution in [3.05, 3.63) is 39.6 Å². The van der Waals surface area contributed by atoms with Gasteiger partial charge in [0.2, 0.25) is 0 Å². The molecule has 0 saturated heterocycles. The van der Waals surface area contributed by atoms with Crippen molar-refractivity contribution in [1.82, 2.24) is 20.0 Å². The first-order chi connectivity index (χ1) is 8.76. The van der Waals surface area contributed by atoms with Crippen molar-refractivity contribution in [2.45, 2.75) is 25.8 Å². The molecule has 2 aromatic rings. The van der Waals surface area contributed by atoms with Gasteiger partial charge in [-0.2, -0.15) is 0 Å². The van der Waals surface area contributed by atoms with Gasteiger partial charge in [0, 0.05) is 12.4 Å². The van der Waals surface area contributed by atoms with Crippen LogP contribution in [0.2, 0.25) is 5.02 Å². The first kappa shape index (κ1) is 13.4. The minimum absolute atomic E-state index is 0.0279. The number of aryl methyl sites for hydroxylation is 1. The summed E-state index contributed by atoms with van der Waals surface area (Å²) in [5.41, 5.74) is 4.79.